The van der Waals surface area contributed by atoms with Crippen LogP contribution in [0.25, 0.3) is 16.9 Å². The zero-order valence-corrected chi connectivity index (χ0v) is 12.7. The van der Waals surface area contributed by atoms with E-state index in [1.807, 2.05) is 38.0 Å². The Bertz CT molecular complexity index is 785. The molecule has 0 atom stereocenters. The number of rotatable bonds is 4. The molecule has 1 N–H and O–H groups in total. The van der Waals surface area contributed by atoms with Crippen molar-refractivity contribution in [3.05, 3.63) is 41.3 Å². The van der Waals surface area contributed by atoms with Crippen LogP contribution in [0.1, 0.15) is 23.2 Å². The molecule has 0 radical (unpaired) electrons. The molecule has 3 rings (SSSR count). The number of fused-ring (bicyclic) bond motifs is 1. The quantitative estimate of drug-likeness (QED) is 0.800. The molecule has 3 aromatic rings. The van der Waals surface area contributed by atoms with Gasteiger partial charge in [0.1, 0.15) is 11.5 Å². The van der Waals surface area contributed by atoms with Gasteiger partial charge in [0.25, 0.3) is 0 Å². The van der Waals surface area contributed by atoms with Gasteiger partial charge < -0.3 is 5.11 Å². The minimum absolute atomic E-state index is 0.192. The molecule has 0 aliphatic rings. The van der Waals surface area contributed by atoms with Crippen LogP contribution in [0, 0.1) is 13.8 Å². The third kappa shape index (κ3) is 2.34. The van der Waals surface area contributed by atoms with Crippen LogP contribution < -0.4 is 0 Å². The first-order chi connectivity index (χ1) is 10.1. The number of aromatic nitrogens is 4. The lowest BCUT2D eigenvalue weighted by Crippen LogP contribution is -2.05. The molecular weight excluding hydrogens is 264 g/mol. The van der Waals surface area contributed by atoms with Crippen molar-refractivity contribution < 1.29 is 5.11 Å². The molecule has 5 nitrogen and oxygen atoms in total. The van der Waals surface area contributed by atoms with Crippen LogP contribution in [-0.2, 0) is 13.5 Å². The van der Waals surface area contributed by atoms with Crippen molar-refractivity contribution in [2.24, 2.45) is 7.05 Å². The van der Waals surface area contributed by atoms with Crippen molar-refractivity contribution in [2.75, 3.05) is 6.61 Å². The fourth-order valence-electron chi connectivity index (χ4n) is 2.84. The van der Waals surface area contributed by atoms with Crippen molar-refractivity contribution in [2.45, 2.75) is 26.7 Å². The van der Waals surface area contributed by atoms with Crippen molar-refractivity contribution >= 4 is 11.0 Å². The molecule has 0 bridgehead atoms. The lowest BCUT2D eigenvalue weighted by atomic mass is 10.1. The van der Waals surface area contributed by atoms with E-state index in [1.165, 1.54) is 5.56 Å². The van der Waals surface area contributed by atoms with E-state index in [1.54, 1.807) is 0 Å². The Morgan fingerprint density at radius 3 is 2.86 bits per heavy atom. The first-order valence-corrected chi connectivity index (χ1v) is 7.19. The number of hydrogen-bond donors (Lipinski definition) is 1. The molecule has 3 aromatic heterocycles. The standard InChI is InChI=1S/C16H20N4O/c1-11-9-13-6-7-20(15(13)17-10-11)16-14(5-4-8-21)12(2)18-19(16)3/h6-7,9-10,21H,4-5,8H2,1-3H3. The maximum Gasteiger partial charge on any atom is 0.145 e. The molecule has 0 aliphatic heterocycles. The van der Waals surface area contributed by atoms with Gasteiger partial charge in [-0.1, -0.05) is 0 Å². The second-order valence-corrected chi connectivity index (χ2v) is 5.45. The molecule has 0 unspecified atom stereocenters. The highest BCUT2D eigenvalue weighted by Crippen LogP contribution is 2.24. The average Bonchev–Trinajstić information content (AvgIpc) is 2.96. The van der Waals surface area contributed by atoms with E-state index < -0.39 is 0 Å². The number of nitrogens with zero attached hydrogens (tertiary/aromatic N) is 4. The van der Waals surface area contributed by atoms with Crippen LogP contribution in [0.3, 0.4) is 0 Å². The number of aryl methyl sites for hydroxylation is 3. The molecule has 0 fully saturated rings. The minimum atomic E-state index is 0.192. The molecule has 5 heteroatoms. The number of aliphatic hydroxyl groups is 1. The molecule has 0 spiro atoms. The van der Waals surface area contributed by atoms with Crippen LogP contribution in [-0.4, -0.2) is 31.0 Å². The van der Waals surface area contributed by atoms with E-state index in [4.69, 9.17) is 5.11 Å². The molecule has 0 aromatic carbocycles. The first-order valence-electron chi connectivity index (χ1n) is 7.19. The summed E-state index contributed by atoms with van der Waals surface area (Å²) in [5, 5.41) is 14.8. The zero-order chi connectivity index (χ0) is 15.0. The van der Waals surface area contributed by atoms with Gasteiger partial charge >= 0.3 is 0 Å². The van der Waals surface area contributed by atoms with E-state index in [0.717, 1.165) is 41.0 Å². The van der Waals surface area contributed by atoms with E-state index in [9.17, 15) is 0 Å². The van der Waals surface area contributed by atoms with E-state index in [2.05, 4.69) is 26.8 Å². The normalized spacial score (nSPS) is 11.4. The summed E-state index contributed by atoms with van der Waals surface area (Å²) in [6, 6.07) is 4.21. The molecule has 21 heavy (non-hydrogen) atoms. The molecule has 0 saturated heterocycles. The second kappa shape index (κ2) is 5.33. The highest BCUT2D eigenvalue weighted by atomic mass is 16.2. The highest BCUT2D eigenvalue weighted by molar-refractivity contribution is 5.78. The summed E-state index contributed by atoms with van der Waals surface area (Å²) in [7, 11) is 1.95. The van der Waals surface area contributed by atoms with Gasteiger partial charge in [0.05, 0.1) is 5.69 Å². The Morgan fingerprint density at radius 2 is 2.10 bits per heavy atom. The SMILES string of the molecule is Cc1cnc2c(ccn2-c2c(CCCO)c(C)nn2C)c1. The van der Waals surface area contributed by atoms with Gasteiger partial charge in [0.2, 0.25) is 0 Å². The summed E-state index contributed by atoms with van der Waals surface area (Å²) in [4.78, 5) is 4.56. The van der Waals surface area contributed by atoms with Crippen molar-refractivity contribution in [1.82, 2.24) is 19.3 Å². The number of pyridine rings is 1. The van der Waals surface area contributed by atoms with Gasteiger partial charge in [0, 0.05) is 37.0 Å². The molecular formula is C16H20N4O. The lowest BCUT2D eigenvalue weighted by molar-refractivity contribution is 0.288. The summed E-state index contributed by atoms with van der Waals surface area (Å²) < 4.78 is 3.98. The van der Waals surface area contributed by atoms with Gasteiger partial charge in [0.15, 0.2) is 0 Å². The molecule has 3 heterocycles. The van der Waals surface area contributed by atoms with Crippen LogP contribution in [0.2, 0.25) is 0 Å². The fraction of sp³-hybridized carbons (Fsp3) is 0.375. The van der Waals surface area contributed by atoms with Gasteiger partial charge in [-0.15, -0.1) is 0 Å². The fourth-order valence-corrected chi connectivity index (χ4v) is 2.84. The molecule has 0 amide bonds. The van der Waals surface area contributed by atoms with E-state index in [-0.39, 0.29) is 6.61 Å². The topological polar surface area (TPSA) is 55.9 Å². The van der Waals surface area contributed by atoms with Crippen LogP contribution in [0.5, 0.6) is 0 Å². The summed E-state index contributed by atoms with van der Waals surface area (Å²) in [6.45, 7) is 4.25. The first kappa shape index (κ1) is 13.8. The maximum absolute atomic E-state index is 9.10. The van der Waals surface area contributed by atoms with Crippen LogP contribution in [0.4, 0.5) is 0 Å². The monoisotopic (exact) mass is 284 g/mol. The van der Waals surface area contributed by atoms with Gasteiger partial charge in [-0.05, 0) is 44.4 Å². The van der Waals surface area contributed by atoms with E-state index in [0.29, 0.717) is 0 Å². The van der Waals surface area contributed by atoms with Crippen molar-refractivity contribution in [3.8, 4) is 5.82 Å². The number of hydrogen-bond acceptors (Lipinski definition) is 3. The lowest BCUT2D eigenvalue weighted by Gasteiger charge is -2.09. The van der Waals surface area contributed by atoms with Crippen LogP contribution >= 0.6 is 0 Å². The highest BCUT2D eigenvalue weighted by Gasteiger charge is 2.16. The Morgan fingerprint density at radius 1 is 1.29 bits per heavy atom. The average molecular weight is 284 g/mol. The molecule has 110 valence electrons. The Hall–Kier alpha value is -2.14. The predicted molar refractivity (Wildman–Crippen MR) is 82.7 cm³/mol. The van der Waals surface area contributed by atoms with Gasteiger partial charge in [-0.2, -0.15) is 5.10 Å². The van der Waals surface area contributed by atoms with Gasteiger partial charge in [-0.3, -0.25) is 9.25 Å². The summed E-state index contributed by atoms with van der Waals surface area (Å²) >= 11 is 0. The Kier molecular flexibility index (Phi) is 3.51. The Balaban J connectivity index is 2.18. The molecule has 0 saturated carbocycles. The smallest absolute Gasteiger partial charge is 0.145 e. The largest absolute Gasteiger partial charge is 0.396 e. The summed E-state index contributed by atoms with van der Waals surface area (Å²) in [5.74, 6) is 1.03. The summed E-state index contributed by atoms with van der Waals surface area (Å²) in [5.41, 5.74) is 4.28. The third-order valence-electron chi connectivity index (χ3n) is 3.79. The zero-order valence-electron chi connectivity index (χ0n) is 12.7. The molecule has 0 aliphatic carbocycles. The second-order valence-electron chi connectivity index (χ2n) is 5.45. The number of aliphatic hydroxyl groups excluding tert-OH is 1. The Labute approximate surface area is 123 Å². The van der Waals surface area contributed by atoms with E-state index >= 15 is 0 Å². The maximum atomic E-state index is 9.10. The third-order valence-corrected chi connectivity index (χ3v) is 3.79. The van der Waals surface area contributed by atoms with Crippen LogP contribution in [0.15, 0.2) is 24.5 Å². The van der Waals surface area contributed by atoms with Crippen molar-refractivity contribution in [1.29, 1.82) is 0 Å². The van der Waals surface area contributed by atoms with Crippen molar-refractivity contribution in [3.63, 3.8) is 0 Å². The van der Waals surface area contributed by atoms with Gasteiger partial charge in [-0.25, -0.2) is 4.98 Å². The predicted octanol–water partition coefficient (Wildman–Crippen LogP) is 2.30. The minimum Gasteiger partial charge on any atom is -0.396 e. The summed E-state index contributed by atoms with van der Waals surface area (Å²) in [6.07, 6.45) is 5.48.